The van der Waals surface area contributed by atoms with Crippen LogP contribution in [0.3, 0.4) is 0 Å². The van der Waals surface area contributed by atoms with Gasteiger partial charge in [0.05, 0.1) is 0 Å². The molecular weight excluding hydrogens is 348 g/mol. The smallest absolute Gasteiger partial charge is 0.00434 e. The highest BCUT2D eigenvalue weighted by Gasteiger charge is 2.40. The monoisotopic (exact) mass is 386 g/mol. The lowest BCUT2D eigenvalue weighted by molar-refractivity contribution is 0.201. The van der Waals surface area contributed by atoms with E-state index in [-0.39, 0.29) is 0 Å². The van der Waals surface area contributed by atoms with Gasteiger partial charge in [-0.05, 0) is 93.5 Å². The molecule has 0 saturated heterocycles. The minimum atomic E-state index is 0.302. The zero-order valence-electron chi connectivity index (χ0n) is 19.5. The van der Waals surface area contributed by atoms with Crippen LogP contribution in [-0.2, 0) is 11.8 Å². The topological polar surface area (TPSA) is 0 Å². The van der Waals surface area contributed by atoms with E-state index in [4.69, 9.17) is 0 Å². The van der Waals surface area contributed by atoms with E-state index in [1.54, 1.807) is 11.1 Å². The van der Waals surface area contributed by atoms with Crippen LogP contribution >= 0.6 is 0 Å². The van der Waals surface area contributed by atoms with Gasteiger partial charge in [-0.25, -0.2) is 0 Å². The highest BCUT2D eigenvalue weighted by Crippen LogP contribution is 2.49. The highest BCUT2D eigenvalue weighted by atomic mass is 14.4. The molecule has 0 N–H and O–H groups in total. The van der Waals surface area contributed by atoms with E-state index in [1.165, 1.54) is 46.4 Å². The van der Waals surface area contributed by atoms with Crippen molar-refractivity contribution in [1.29, 1.82) is 0 Å². The lowest BCUT2D eigenvalue weighted by Gasteiger charge is -2.36. The maximum absolute atomic E-state index is 2.54. The molecule has 0 bridgehead atoms. The van der Waals surface area contributed by atoms with Crippen molar-refractivity contribution in [1.82, 2.24) is 0 Å². The third-order valence-electron chi connectivity index (χ3n) is 8.66. The van der Waals surface area contributed by atoms with Gasteiger partial charge in [-0.1, -0.05) is 84.0 Å². The molecule has 0 amide bonds. The van der Waals surface area contributed by atoms with Crippen LogP contribution in [0.25, 0.3) is 21.5 Å². The third-order valence-corrected chi connectivity index (χ3v) is 8.66. The predicted molar refractivity (Wildman–Crippen MR) is 129 cm³/mol. The minimum Gasteiger partial charge on any atom is -0.0625 e. The van der Waals surface area contributed by atoms with Crippen molar-refractivity contribution in [2.45, 2.75) is 73.1 Å². The average molecular weight is 387 g/mol. The maximum Gasteiger partial charge on any atom is -0.00434 e. The van der Waals surface area contributed by atoms with Crippen LogP contribution in [0, 0.1) is 30.6 Å². The fourth-order valence-electron chi connectivity index (χ4n) is 5.92. The standard InChI is InChI=1S/C29H38/c1-18(2)22(6)20(4)17-21(5)29(7)16-15-27-26-12-11-23-19(3)9-8-10-24(23)25(26)13-14-28(27)29/h8-14,18,20-22H,15-17H2,1-7H3/t20-,21-,22+,29+/m1/s1. The number of hydrogen-bond acceptors (Lipinski definition) is 0. The molecule has 4 rings (SSSR count). The first-order valence-corrected chi connectivity index (χ1v) is 11.7. The van der Waals surface area contributed by atoms with Crippen LogP contribution in [0.1, 0.15) is 71.1 Å². The fourth-order valence-corrected chi connectivity index (χ4v) is 5.92. The van der Waals surface area contributed by atoms with Crippen LogP contribution in [0.2, 0.25) is 0 Å². The van der Waals surface area contributed by atoms with E-state index < -0.39 is 0 Å². The van der Waals surface area contributed by atoms with Gasteiger partial charge in [0.15, 0.2) is 0 Å². The molecule has 0 fully saturated rings. The van der Waals surface area contributed by atoms with Gasteiger partial charge < -0.3 is 0 Å². The zero-order valence-corrected chi connectivity index (χ0v) is 19.5. The molecule has 0 nitrogen and oxygen atoms in total. The molecule has 3 aromatic rings. The van der Waals surface area contributed by atoms with Gasteiger partial charge in [-0.2, -0.15) is 0 Å². The Morgan fingerprint density at radius 1 is 0.828 bits per heavy atom. The summed E-state index contributed by atoms with van der Waals surface area (Å²) in [4.78, 5) is 0. The molecule has 1 aliphatic rings. The van der Waals surface area contributed by atoms with Crippen LogP contribution < -0.4 is 0 Å². The van der Waals surface area contributed by atoms with E-state index in [2.05, 4.69) is 90.9 Å². The van der Waals surface area contributed by atoms with Gasteiger partial charge >= 0.3 is 0 Å². The summed E-state index contributed by atoms with van der Waals surface area (Å²) in [5, 5.41) is 5.72. The molecule has 0 saturated carbocycles. The van der Waals surface area contributed by atoms with Crippen molar-refractivity contribution >= 4 is 21.5 Å². The average Bonchev–Trinajstić information content (AvgIpc) is 3.05. The molecule has 29 heavy (non-hydrogen) atoms. The van der Waals surface area contributed by atoms with Gasteiger partial charge in [-0.3, -0.25) is 0 Å². The fraction of sp³-hybridized carbons (Fsp3) is 0.517. The van der Waals surface area contributed by atoms with Crippen LogP contribution in [0.5, 0.6) is 0 Å². The second-order valence-corrected chi connectivity index (χ2v) is 10.6. The van der Waals surface area contributed by atoms with E-state index in [0.717, 1.165) is 17.8 Å². The molecule has 0 unspecified atom stereocenters. The quantitative estimate of drug-likeness (QED) is 0.386. The Morgan fingerprint density at radius 2 is 1.48 bits per heavy atom. The lowest BCUT2D eigenvalue weighted by atomic mass is 9.68. The van der Waals surface area contributed by atoms with Crippen LogP contribution in [-0.4, -0.2) is 0 Å². The number of rotatable bonds is 5. The largest absolute Gasteiger partial charge is 0.0625 e. The molecule has 0 aliphatic heterocycles. The molecule has 0 radical (unpaired) electrons. The van der Waals surface area contributed by atoms with E-state index in [1.807, 2.05) is 0 Å². The van der Waals surface area contributed by atoms with Gasteiger partial charge in [0, 0.05) is 0 Å². The first-order valence-electron chi connectivity index (χ1n) is 11.7. The summed E-state index contributed by atoms with van der Waals surface area (Å²) in [7, 11) is 0. The Bertz CT molecular complexity index is 1040. The summed E-state index contributed by atoms with van der Waals surface area (Å²) >= 11 is 0. The van der Waals surface area contributed by atoms with E-state index in [0.29, 0.717) is 11.3 Å². The molecule has 0 heteroatoms. The second kappa shape index (κ2) is 7.46. The molecule has 3 aromatic carbocycles. The summed E-state index contributed by atoms with van der Waals surface area (Å²) in [6.45, 7) is 16.9. The van der Waals surface area contributed by atoms with Gasteiger partial charge in [0.25, 0.3) is 0 Å². The summed E-state index contributed by atoms with van der Waals surface area (Å²) in [6, 6.07) is 16.3. The molecule has 1 aliphatic carbocycles. The highest BCUT2D eigenvalue weighted by molar-refractivity contribution is 6.09. The Balaban J connectivity index is 1.74. The number of benzene rings is 3. The van der Waals surface area contributed by atoms with Crippen molar-refractivity contribution in [3.05, 3.63) is 59.2 Å². The first kappa shape index (κ1) is 20.5. The molecule has 0 heterocycles. The van der Waals surface area contributed by atoms with Crippen molar-refractivity contribution < 1.29 is 0 Å². The normalized spacial score (nSPS) is 22.2. The Labute approximate surface area is 177 Å². The Morgan fingerprint density at radius 3 is 2.21 bits per heavy atom. The summed E-state index contributed by atoms with van der Waals surface area (Å²) < 4.78 is 0. The maximum atomic E-state index is 2.54. The van der Waals surface area contributed by atoms with Crippen molar-refractivity contribution in [2.24, 2.45) is 23.7 Å². The van der Waals surface area contributed by atoms with E-state index >= 15 is 0 Å². The van der Waals surface area contributed by atoms with E-state index in [9.17, 15) is 0 Å². The van der Waals surface area contributed by atoms with Crippen molar-refractivity contribution in [3.8, 4) is 0 Å². The van der Waals surface area contributed by atoms with Gasteiger partial charge in [0.1, 0.15) is 0 Å². The zero-order chi connectivity index (χ0) is 20.9. The number of fused-ring (bicyclic) bond motifs is 5. The molecular formula is C29H38. The molecule has 4 atom stereocenters. The Kier molecular flexibility index (Phi) is 5.26. The van der Waals surface area contributed by atoms with Crippen molar-refractivity contribution in [2.75, 3.05) is 0 Å². The summed E-state index contributed by atoms with van der Waals surface area (Å²) in [5.74, 6) is 3.04. The number of aryl methyl sites for hydroxylation is 2. The summed E-state index contributed by atoms with van der Waals surface area (Å²) in [6.07, 6.45) is 3.83. The summed E-state index contributed by atoms with van der Waals surface area (Å²) in [5.41, 5.74) is 4.91. The SMILES string of the molecule is Cc1cccc2c1ccc1c3c(ccc12)[C@](C)([C@H](C)C[C@@H](C)[C@@H](C)C(C)C)CC3. The van der Waals surface area contributed by atoms with Gasteiger partial charge in [-0.15, -0.1) is 0 Å². The van der Waals surface area contributed by atoms with Crippen LogP contribution in [0.15, 0.2) is 42.5 Å². The van der Waals surface area contributed by atoms with Crippen LogP contribution in [0.4, 0.5) is 0 Å². The predicted octanol–water partition coefficient (Wildman–Crippen LogP) is 8.46. The molecule has 154 valence electrons. The molecule has 0 spiro atoms. The first-order chi connectivity index (χ1) is 13.7. The lowest BCUT2D eigenvalue weighted by Crippen LogP contribution is -2.30. The third kappa shape index (κ3) is 3.29. The minimum absolute atomic E-state index is 0.302. The Hall–Kier alpha value is -1.82. The van der Waals surface area contributed by atoms with Gasteiger partial charge in [0.2, 0.25) is 0 Å². The second-order valence-electron chi connectivity index (χ2n) is 10.6. The number of hydrogen-bond donors (Lipinski definition) is 0. The van der Waals surface area contributed by atoms with Crippen molar-refractivity contribution in [3.63, 3.8) is 0 Å². The molecule has 0 aromatic heterocycles.